The van der Waals surface area contributed by atoms with Gasteiger partial charge < -0.3 is 20.5 Å². The molecule has 1 unspecified atom stereocenters. The lowest BCUT2D eigenvalue weighted by atomic mass is 10.0. The number of aromatic nitrogens is 4. The van der Waals surface area contributed by atoms with Gasteiger partial charge in [-0.3, -0.25) is 5.10 Å². The van der Waals surface area contributed by atoms with Crippen LogP contribution >= 0.6 is 22.9 Å². The first-order chi connectivity index (χ1) is 14.6. The van der Waals surface area contributed by atoms with Crippen molar-refractivity contribution >= 4 is 50.8 Å². The molecule has 0 bridgehead atoms. The monoisotopic (exact) mass is 442 g/mol. The molecule has 1 fully saturated rings. The third kappa shape index (κ3) is 3.45. The van der Waals surface area contributed by atoms with Crippen LogP contribution in [-0.4, -0.2) is 38.2 Å². The second-order valence-electron chi connectivity index (χ2n) is 6.71. The summed E-state index contributed by atoms with van der Waals surface area (Å²) in [6, 6.07) is 9.05. The van der Waals surface area contributed by atoms with E-state index < -0.39 is 6.09 Å². The van der Waals surface area contributed by atoms with Crippen molar-refractivity contribution in [2.45, 2.75) is 12.6 Å². The molecule has 5 rings (SSSR count). The first kappa shape index (κ1) is 18.8. The fourth-order valence-electron chi connectivity index (χ4n) is 3.28. The Morgan fingerprint density at radius 3 is 3.00 bits per heavy atom. The van der Waals surface area contributed by atoms with E-state index >= 15 is 0 Å². The van der Waals surface area contributed by atoms with E-state index in [1.165, 1.54) is 11.3 Å². The summed E-state index contributed by atoms with van der Waals surface area (Å²) in [6.45, 7) is 0.109. The largest absolute Gasteiger partial charge is 0.447 e. The number of nitrogens with one attached hydrogen (secondary N) is 3. The SMILES string of the molecule is O=C1NC(c2cc(CO)cc(-c3nnc(Nc4ccc5[nH]ncc5c4Cl)s3)c2)CO1. The van der Waals surface area contributed by atoms with E-state index in [0.717, 1.165) is 22.0 Å². The minimum atomic E-state index is -0.454. The van der Waals surface area contributed by atoms with Crippen LogP contribution in [0.1, 0.15) is 17.2 Å². The summed E-state index contributed by atoms with van der Waals surface area (Å²) < 4.78 is 4.98. The van der Waals surface area contributed by atoms with E-state index in [9.17, 15) is 9.90 Å². The van der Waals surface area contributed by atoms with E-state index in [1.54, 1.807) is 6.20 Å². The third-order valence-corrected chi connectivity index (χ3v) is 6.04. The zero-order chi connectivity index (χ0) is 20.7. The normalized spacial score (nSPS) is 15.9. The maximum atomic E-state index is 11.4. The molecule has 0 spiro atoms. The van der Waals surface area contributed by atoms with Gasteiger partial charge in [-0.1, -0.05) is 29.0 Å². The van der Waals surface area contributed by atoms with Crippen LogP contribution in [0.25, 0.3) is 21.5 Å². The molecule has 0 radical (unpaired) electrons. The van der Waals surface area contributed by atoms with Crippen molar-refractivity contribution in [2.75, 3.05) is 11.9 Å². The van der Waals surface area contributed by atoms with Gasteiger partial charge in [-0.25, -0.2) is 4.79 Å². The lowest BCUT2D eigenvalue weighted by Gasteiger charge is -2.11. The Hall–Kier alpha value is -3.21. The molecule has 4 N–H and O–H groups in total. The highest BCUT2D eigenvalue weighted by Gasteiger charge is 2.25. The minimum absolute atomic E-state index is 0.132. The summed E-state index contributed by atoms with van der Waals surface area (Å²) in [5, 5.41) is 33.5. The van der Waals surface area contributed by atoms with Crippen LogP contribution in [0.5, 0.6) is 0 Å². The molecule has 1 aliphatic rings. The van der Waals surface area contributed by atoms with Gasteiger partial charge in [-0.05, 0) is 35.4 Å². The molecule has 11 heteroatoms. The Labute approximate surface area is 179 Å². The number of ether oxygens (including phenoxy) is 1. The average molecular weight is 443 g/mol. The molecule has 3 heterocycles. The fourth-order valence-corrected chi connectivity index (χ4v) is 4.29. The highest BCUT2D eigenvalue weighted by Crippen LogP contribution is 2.35. The van der Waals surface area contributed by atoms with Gasteiger partial charge in [0.1, 0.15) is 11.6 Å². The first-order valence-corrected chi connectivity index (χ1v) is 10.2. The molecule has 2 aromatic heterocycles. The number of benzene rings is 2. The molecular formula is C19H15ClN6O3S. The first-order valence-electron chi connectivity index (χ1n) is 9.01. The van der Waals surface area contributed by atoms with E-state index in [-0.39, 0.29) is 19.3 Å². The van der Waals surface area contributed by atoms with Crippen molar-refractivity contribution in [1.29, 1.82) is 0 Å². The van der Waals surface area contributed by atoms with Gasteiger partial charge in [-0.2, -0.15) is 5.10 Å². The topological polar surface area (TPSA) is 125 Å². The van der Waals surface area contributed by atoms with Crippen molar-refractivity contribution in [3.63, 3.8) is 0 Å². The van der Waals surface area contributed by atoms with Gasteiger partial charge >= 0.3 is 6.09 Å². The minimum Gasteiger partial charge on any atom is -0.447 e. The number of cyclic esters (lactones) is 1. The molecule has 0 saturated carbocycles. The molecule has 2 aromatic carbocycles. The van der Waals surface area contributed by atoms with Gasteiger partial charge in [-0.15, -0.1) is 10.2 Å². The van der Waals surface area contributed by atoms with Crippen molar-refractivity contribution in [2.24, 2.45) is 0 Å². The number of hydrogen-bond donors (Lipinski definition) is 4. The Kier molecular flexibility index (Phi) is 4.74. The standard InChI is InChI=1S/C19H15ClN6O3S/c20-16-12-6-21-24-13(12)1-2-14(16)22-18-26-25-17(30-18)11-4-9(7-27)3-10(5-11)15-8-29-19(28)23-15/h1-6,15,27H,7-8H2,(H,21,24)(H,22,26)(H,23,28). The maximum Gasteiger partial charge on any atom is 0.407 e. The molecule has 9 nitrogen and oxygen atoms in total. The zero-order valence-electron chi connectivity index (χ0n) is 15.3. The van der Waals surface area contributed by atoms with Crippen LogP contribution in [0.15, 0.2) is 36.5 Å². The van der Waals surface area contributed by atoms with E-state index in [0.29, 0.717) is 26.4 Å². The lowest BCUT2D eigenvalue weighted by Crippen LogP contribution is -2.18. The number of amides is 1. The smallest absolute Gasteiger partial charge is 0.407 e. The van der Waals surface area contributed by atoms with Crippen molar-refractivity contribution < 1.29 is 14.6 Å². The van der Waals surface area contributed by atoms with Crippen LogP contribution in [0.2, 0.25) is 5.02 Å². The van der Waals surface area contributed by atoms with Crippen LogP contribution in [0.4, 0.5) is 15.6 Å². The van der Waals surface area contributed by atoms with Gasteiger partial charge in [0, 0.05) is 10.9 Å². The molecular weight excluding hydrogens is 428 g/mol. The van der Waals surface area contributed by atoms with E-state index in [4.69, 9.17) is 16.3 Å². The average Bonchev–Trinajstić information content (AvgIpc) is 3.50. The molecule has 4 aromatic rings. The number of anilines is 2. The molecule has 30 heavy (non-hydrogen) atoms. The number of aliphatic hydroxyl groups excluding tert-OH is 1. The number of rotatable bonds is 5. The molecule has 152 valence electrons. The zero-order valence-corrected chi connectivity index (χ0v) is 16.9. The van der Waals surface area contributed by atoms with Crippen molar-refractivity contribution in [3.8, 4) is 10.6 Å². The Morgan fingerprint density at radius 2 is 2.20 bits per heavy atom. The second kappa shape index (κ2) is 7.56. The Bertz CT molecular complexity index is 1260. The molecule has 0 aliphatic carbocycles. The second-order valence-corrected chi connectivity index (χ2v) is 8.07. The number of halogens is 1. The van der Waals surface area contributed by atoms with Crippen LogP contribution in [0.3, 0.4) is 0 Å². The molecule has 1 aliphatic heterocycles. The Balaban J connectivity index is 1.44. The summed E-state index contributed by atoms with van der Waals surface area (Å²) in [6.07, 6.45) is 1.21. The number of aromatic amines is 1. The van der Waals surface area contributed by atoms with Gasteiger partial charge in [0.2, 0.25) is 5.13 Å². The number of carbonyl (C=O) groups excluding carboxylic acids is 1. The third-order valence-electron chi connectivity index (χ3n) is 4.75. The van der Waals surface area contributed by atoms with Crippen molar-refractivity contribution in [1.82, 2.24) is 25.7 Å². The predicted molar refractivity (Wildman–Crippen MR) is 113 cm³/mol. The number of carbonyl (C=O) groups is 1. The fraction of sp³-hybridized carbons (Fsp3) is 0.158. The van der Waals surface area contributed by atoms with Crippen LogP contribution in [-0.2, 0) is 11.3 Å². The number of nitrogens with zero attached hydrogens (tertiary/aromatic N) is 3. The lowest BCUT2D eigenvalue weighted by molar-refractivity contribution is 0.177. The van der Waals surface area contributed by atoms with Crippen molar-refractivity contribution in [3.05, 3.63) is 52.7 Å². The molecule has 1 atom stereocenters. The van der Waals surface area contributed by atoms with Gasteiger partial charge in [0.25, 0.3) is 0 Å². The summed E-state index contributed by atoms with van der Waals surface area (Å²) >= 11 is 7.81. The summed E-state index contributed by atoms with van der Waals surface area (Å²) in [5.41, 5.74) is 3.88. The summed E-state index contributed by atoms with van der Waals surface area (Å²) in [7, 11) is 0. The van der Waals surface area contributed by atoms with Crippen LogP contribution in [0, 0.1) is 0 Å². The molecule has 1 saturated heterocycles. The highest BCUT2D eigenvalue weighted by molar-refractivity contribution is 7.18. The highest BCUT2D eigenvalue weighted by atomic mass is 35.5. The number of alkyl carbamates (subject to hydrolysis) is 1. The quantitative estimate of drug-likeness (QED) is 0.371. The maximum absolute atomic E-state index is 11.4. The molecule has 1 amide bonds. The van der Waals surface area contributed by atoms with E-state index in [1.807, 2.05) is 30.3 Å². The number of fused-ring (bicyclic) bond motifs is 1. The summed E-state index contributed by atoms with van der Waals surface area (Å²) in [4.78, 5) is 11.4. The Morgan fingerprint density at radius 1 is 1.30 bits per heavy atom. The van der Waals surface area contributed by atoms with Gasteiger partial charge in [0.15, 0.2) is 0 Å². The van der Waals surface area contributed by atoms with Gasteiger partial charge in [0.05, 0.1) is 35.1 Å². The summed E-state index contributed by atoms with van der Waals surface area (Å²) in [5.74, 6) is 0. The number of hydrogen-bond acceptors (Lipinski definition) is 8. The van der Waals surface area contributed by atoms with E-state index in [2.05, 4.69) is 31.0 Å². The number of aliphatic hydroxyl groups is 1. The van der Waals surface area contributed by atoms with Crippen LogP contribution < -0.4 is 10.6 Å². The number of H-pyrrole nitrogens is 1. The predicted octanol–water partition coefficient (Wildman–Crippen LogP) is 3.75.